The Morgan fingerprint density at radius 1 is 1.13 bits per heavy atom. The van der Waals surface area contributed by atoms with E-state index in [0.717, 1.165) is 47.9 Å². The van der Waals surface area contributed by atoms with Crippen molar-refractivity contribution in [2.75, 3.05) is 18.0 Å². The van der Waals surface area contributed by atoms with Crippen molar-refractivity contribution >= 4 is 40.2 Å². The molecule has 118 valence electrons. The molecule has 0 unspecified atom stereocenters. The van der Waals surface area contributed by atoms with E-state index >= 15 is 0 Å². The van der Waals surface area contributed by atoms with Crippen LogP contribution in [0.1, 0.15) is 24.3 Å². The minimum Gasteiger partial charge on any atom is -0.353 e. The fourth-order valence-electron chi connectivity index (χ4n) is 3.27. The van der Waals surface area contributed by atoms with Gasteiger partial charge in [-0.3, -0.25) is 4.98 Å². The normalized spacial score (nSPS) is 16.2. The number of hydrogen-bond donors (Lipinski definition) is 1. The molecule has 1 aliphatic rings. The molecule has 1 fully saturated rings. The van der Waals surface area contributed by atoms with Crippen molar-refractivity contribution in [2.24, 2.45) is 0 Å². The van der Waals surface area contributed by atoms with E-state index < -0.39 is 0 Å². The number of rotatable bonds is 2. The van der Waals surface area contributed by atoms with Crippen LogP contribution in [0.4, 0.5) is 5.82 Å². The van der Waals surface area contributed by atoms with Crippen LogP contribution < -0.4 is 9.88 Å². The van der Waals surface area contributed by atoms with Gasteiger partial charge >= 0.3 is 10.9 Å². The fourth-order valence-corrected chi connectivity index (χ4v) is 3.73. The maximum absolute atomic E-state index is 6.33. The molecule has 23 heavy (non-hydrogen) atoms. The van der Waals surface area contributed by atoms with Crippen molar-refractivity contribution in [3.05, 3.63) is 46.5 Å². The minimum atomic E-state index is 0.261. The first-order chi connectivity index (χ1) is 11.2. The molecular weight excluding hydrogens is 333 g/mol. The highest BCUT2D eigenvalue weighted by molar-refractivity contribution is 6.31. The van der Waals surface area contributed by atoms with Crippen LogP contribution in [-0.4, -0.2) is 28.0 Å². The van der Waals surface area contributed by atoms with E-state index in [1.165, 1.54) is 5.56 Å². The molecule has 4 rings (SSSR count). The highest BCUT2D eigenvalue weighted by atomic mass is 35.5. The predicted octanol–water partition coefficient (Wildman–Crippen LogP) is 3.46. The summed E-state index contributed by atoms with van der Waals surface area (Å²) in [4.78, 5) is 17.1. The lowest BCUT2D eigenvalue weighted by molar-refractivity contribution is -0.347. The first-order valence-electron chi connectivity index (χ1n) is 7.64. The topological polar surface area (TPSA) is 59.0 Å². The van der Waals surface area contributed by atoms with Gasteiger partial charge in [0.05, 0.1) is 0 Å². The molecule has 7 heteroatoms. The first-order valence-corrected chi connectivity index (χ1v) is 8.39. The second-order valence-electron chi connectivity index (χ2n) is 5.76. The summed E-state index contributed by atoms with van der Waals surface area (Å²) in [5.41, 5.74) is 2.87. The molecule has 0 amide bonds. The zero-order valence-electron chi connectivity index (χ0n) is 12.4. The highest BCUT2D eigenvalue weighted by Crippen LogP contribution is 2.34. The molecule has 1 aromatic carbocycles. The van der Waals surface area contributed by atoms with Gasteiger partial charge in [-0.05, 0) is 42.0 Å². The molecule has 0 radical (unpaired) electrons. The summed E-state index contributed by atoms with van der Waals surface area (Å²) >= 11 is 12.4. The van der Waals surface area contributed by atoms with E-state index in [0.29, 0.717) is 5.92 Å². The van der Waals surface area contributed by atoms with Crippen LogP contribution in [0.2, 0.25) is 10.3 Å². The smallest absolute Gasteiger partial charge is 0.306 e. The summed E-state index contributed by atoms with van der Waals surface area (Å²) in [5, 5.41) is 1.12. The number of hydrogen-bond acceptors (Lipinski definition) is 3. The van der Waals surface area contributed by atoms with Crippen molar-refractivity contribution in [3.8, 4) is 0 Å². The number of nitrogens with zero attached hydrogens (tertiary/aromatic N) is 3. The van der Waals surface area contributed by atoms with Crippen molar-refractivity contribution in [1.82, 2.24) is 15.0 Å². The van der Waals surface area contributed by atoms with E-state index in [9.17, 15) is 0 Å². The number of halogens is 2. The van der Waals surface area contributed by atoms with Crippen molar-refractivity contribution in [2.45, 2.75) is 18.8 Å². The van der Waals surface area contributed by atoms with Crippen molar-refractivity contribution in [3.63, 3.8) is 0 Å². The second kappa shape index (κ2) is 5.98. The molecule has 2 aromatic heterocycles. The number of aromatic amines is 2. The van der Waals surface area contributed by atoms with Gasteiger partial charge in [-0.2, -0.15) is 4.98 Å². The molecule has 3 aromatic rings. The van der Waals surface area contributed by atoms with E-state index in [4.69, 9.17) is 23.2 Å². The molecule has 0 saturated carbocycles. The second-order valence-corrected chi connectivity index (χ2v) is 6.50. The largest absolute Gasteiger partial charge is 0.353 e. The zero-order valence-corrected chi connectivity index (χ0v) is 13.9. The third-order valence-corrected chi connectivity index (χ3v) is 4.94. The molecular formula is C16H16Cl2N5+. The summed E-state index contributed by atoms with van der Waals surface area (Å²) in [6.07, 6.45) is 3.82. The Morgan fingerprint density at radius 3 is 2.70 bits per heavy atom. The number of imidazole rings is 1. The molecule has 0 atom stereocenters. The minimum absolute atomic E-state index is 0.261. The van der Waals surface area contributed by atoms with Crippen LogP contribution in [0.3, 0.4) is 0 Å². The molecule has 5 nitrogen and oxygen atoms in total. The Hall–Kier alpha value is -1.85. The zero-order chi connectivity index (χ0) is 15.8. The van der Waals surface area contributed by atoms with Crippen molar-refractivity contribution < 1.29 is 4.98 Å². The third kappa shape index (κ3) is 2.75. The van der Waals surface area contributed by atoms with Crippen LogP contribution in [0.15, 0.2) is 30.6 Å². The lowest BCUT2D eigenvalue weighted by Gasteiger charge is -2.32. The lowest BCUT2D eigenvalue weighted by Crippen LogP contribution is -2.34. The van der Waals surface area contributed by atoms with Gasteiger partial charge in [0, 0.05) is 18.1 Å². The summed E-state index contributed by atoms with van der Waals surface area (Å²) in [6.45, 7) is 1.83. The van der Waals surface area contributed by atoms with Gasteiger partial charge in [0.1, 0.15) is 0 Å². The molecule has 0 spiro atoms. The van der Waals surface area contributed by atoms with Crippen molar-refractivity contribution in [1.29, 1.82) is 0 Å². The number of anilines is 1. The standard InChI is InChI=1S/C16H15Cl2N5/c17-12-4-2-1-3-11(12)10-5-7-23(8-6-10)15-13-14(20-9-19-13)21-16(18)22-15/h1-4,9-10H,5-8H2,(H,19,20,21,22)/p+1. The number of benzene rings is 1. The van der Waals surface area contributed by atoms with Gasteiger partial charge in [0.25, 0.3) is 0 Å². The molecule has 1 saturated heterocycles. The number of H-pyrrole nitrogens is 2. The van der Waals surface area contributed by atoms with Crippen LogP contribution >= 0.6 is 23.2 Å². The summed E-state index contributed by atoms with van der Waals surface area (Å²) in [5.74, 6) is 1.35. The number of piperidine rings is 1. The Balaban J connectivity index is 1.57. The molecule has 3 heterocycles. The van der Waals surface area contributed by atoms with Gasteiger partial charge in [-0.1, -0.05) is 34.8 Å². The van der Waals surface area contributed by atoms with Crippen LogP contribution in [-0.2, 0) is 0 Å². The SMILES string of the molecule is Clc1nc(N2CCC(c3ccccc3Cl)CC2)c2[nH]c[nH+]c2n1. The van der Waals surface area contributed by atoms with Gasteiger partial charge in [-0.25, -0.2) is 4.98 Å². The summed E-state index contributed by atoms with van der Waals surface area (Å²) < 4.78 is 0. The number of aromatic nitrogens is 4. The maximum Gasteiger partial charge on any atom is 0.306 e. The molecule has 0 bridgehead atoms. The Bertz CT molecular complexity index is 839. The summed E-state index contributed by atoms with van der Waals surface area (Å²) in [6, 6.07) is 8.12. The third-order valence-electron chi connectivity index (χ3n) is 4.43. The van der Waals surface area contributed by atoms with E-state index in [1.54, 1.807) is 6.33 Å². The quantitative estimate of drug-likeness (QED) is 0.721. The molecule has 2 N–H and O–H groups in total. The van der Waals surface area contributed by atoms with Gasteiger partial charge < -0.3 is 4.90 Å². The Kier molecular flexibility index (Phi) is 3.83. The maximum atomic E-state index is 6.33. The van der Waals surface area contributed by atoms with Crippen LogP contribution in [0.25, 0.3) is 11.2 Å². The first kappa shape index (κ1) is 14.7. The van der Waals surface area contributed by atoms with E-state index in [-0.39, 0.29) is 5.28 Å². The monoisotopic (exact) mass is 348 g/mol. The van der Waals surface area contributed by atoms with Gasteiger partial charge in [-0.15, -0.1) is 0 Å². The van der Waals surface area contributed by atoms with E-state index in [2.05, 4.69) is 37.0 Å². The summed E-state index contributed by atoms with van der Waals surface area (Å²) in [7, 11) is 0. The number of fused-ring (bicyclic) bond motifs is 1. The van der Waals surface area contributed by atoms with Gasteiger partial charge in [0.15, 0.2) is 12.1 Å². The Labute approximate surface area is 143 Å². The predicted molar refractivity (Wildman–Crippen MR) is 91.1 cm³/mol. The average Bonchev–Trinajstić information content (AvgIpc) is 3.03. The van der Waals surface area contributed by atoms with Gasteiger partial charge in [0.2, 0.25) is 5.52 Å². The van der Waals surface area contributed by atoms with Crippen LogP contribution in [0.5, 0.6) is 0 Å². The molecule has 0 aliphatic carbocycles. The van der Waals surface area contributed by atoms with E-state index in [1.807, 2.05) is 12.1 Å². The average molecular weight is 349 g/mol. The lowest BCUT2D eigenvalue weighted by atomic mass is 9.89. The van der Waals surface area contributed by atoms with Crippen LogP contribution in [0, 0.1) is 0 Å². The fraction of sp³-hybridized carbons (Fsp3) is 0.312. The number of nitrogens with one attached hydrogen (secondary N) is 2. The Morgan fingerprint density at radius 2 is 1.91 bits per heavy atom. The highest BCUT2D eigenvalue weighted by Gasteiger charge is 2.26. The molecule has 1 aliphatic heterocycles.